The van der Waals surface area contributed by atoms with E-state index >= 15 is 0 Å². The van der Waals surface area contributed by atoms with Crippen molar-refractivity contribution >= 4 is 43.4 Å². The standard InChI is InChI=1S/C25H29BrN6O3S/c1-16-15-22(32(2)3)31-25(28-16)30-19-10-8-18(9-11-19)29-23(33)21-5-4-14-27-24(21)36(34,35)20-12-6-17(26)7-13-20/h4-7,12-15,18-19H,8-11H2,1-3H3,(H,29,33)(H,28,30,31)/t18-,19+. The minimum absolute atomic E-state index is 0.0463. The van der Waals surface area contributed by atoms with Gasteiger partial charge in [-0.2, -0.15) is 4.98 Å². The summed E-state index contributed by atoms with van der Waals surface area (Å²) in [5, 5.41) is 6.19. The monoisotopic (exact) mass is 572 g/mol. The number of carbonyl (C=O) groups is 1. The lowest BCUT2D eigenvalue weighted by atomic mass is 9.91. The molecule has 1 amide bonds. The van der Waals surface area contributed by atoms with E-state index in [4.69, 9.17) is 0 Å². The number of sulfone groups is 1. The predicted octanol–water partition coefficient (Wildman–Crippen LogP) is 3.99. The number of hydrogen-bond donors (Lipinski definition) is 2. The van der Waals surface area contributed by atoms with E-state index in [-0.39, 0.29) is 27.6 Å². The molecule has 0 bridgehead atoms. The molecule has 0 radical (unpaired) electrons. The summed E-state index contributed by atoms with van der Waals surface area (Å²) in [4.78, 5) is 28.3. The number of carbonyl (C=O) groups excluding carboxylic acids is 1. The molecule has 2 heterocycles. The van der Waals surface area contributed by atoms with Crippen molar-refractivity contribution in [2.45, 2.75) is 54.6 Å². The lowest BCUT2D eigenvalue weighted by Gasteiger charge is -2.30. The maximum absolute atomic E-state index is 13.2. The number of anilines is 2. The van der Waals surface area contributed by atoms with Crippen LogP contribution >= 0.6 is 15.9 Å². The average Bonchev–Trinajstić information content (AvgIpc) is 2.85. The van der Waals surface area contributed by atoms with Crippen LogP contribution in [0.5, 0.6) is 0 Å². The summed E-state index contributed by atoms with van der Waals surface area (Å²) in [5.41, 5.74) is 0.938. The maximum Gasteiger partial charge on any atom is 0.254 e. The second-order valence-corrected chi connectivity index (χ2v) is 11.8. The molecular formula is C25H29BrN6O3S. The van der Waals surface area contributed by atoms with Gasteiger partial charge in [-0.15, -0.1) is 0 Å². The number of benzene rings is 1. The first kappa shape index (κ1) is 26.0. The van der Waals surface area contributed by atoms with E-state index in [0.29, 0.717) is 5.95 Å². The van der Waals surface area contributed by atoms with Crippen LogP contribution in [0.4, 0.5) is 11.8 Å². The fraction of sp³-hybridized carbons (Fsp3) is 0.360. The molecule has 1 aromatic carbocycles. The zero-order valence-electron chi connectivity index (χ0n) is 20.4. The zero-order chi connectivity index (χ0) is 25.9. The maximum atomic E-state index is 13.2. The molecule has 4 rings (SSSR count). The highest BCUT2D eigenvalue weighted by Crippen LogP contribution is 2.26. The Kier molecular flexibility index (Phi) is 7.89. The fourth-order valence-electron chi connectivity index (χ4n) is 4.18. The second kappa shape index (κ2) is 10.9. The Bertz CT molecular complexity index is 1340. The molecule has 0 spiro atoms. The molecule has 36 heavy (non-hydrogen) atoms. The summed E-state index contributed by atoms with van der Waals surface area (Å²) in [6.07, 6.45) is 4.55. The van der Waals surface area contributed by atoms with Crippen molar-refractivity contribution < 1.29 is 13.2 Å². The van der Waals surface area contributed by atoms with Crippen molar-refractivity contribution in [1.82, 2.24) is 20.3 Å². The van der Waals surface area contributed by atoms with Crippen LogP contribution in [-0.4, -0.2) is 55.5 Å². The predicted molar refractivity (Wildman–Crippen MR) is 142 cm³/mol. The molecular weight excluding hydrogens is 544 g/mol. The Morgan fingerprint density at radius 1 is 1.03 bits per heavy atom. The van der Waals surface area contributed by atoms with Crippen LogP contribution in [0.15, 0.2) is 63.1 Å². The third-order valence-corrected chi connectivity index (χ3v) is 8.34. The van der Waals surface area contributed by atoms with Gasteiger partial charge in [-0.3, -0.25) is 4.79 Å². The van der Waals surface area contributed by atoms with E-state index in [1.165, 1.54) is 24.4 Å². The van der Waals surface area contributed by atoms with Crippen LogP contribution in [-0.2, 0) is 9.84 Å². The lowest BCUT2D eigenvalue weighted by molar-refractivity contribution is 0.0922. The molecule has 3 aromatic rings. The van der Waals surface area contributed by atoms with Crippen LogP contribution < -0.4 is 15.5 Å². The number of pyridine rings is 1. The molecule has 11 heteroatoms. The first-order chi connectivity index (χ1) is 17.1. The summed E-state index contributed by atoms with van der Waals surface area (Å²) in [6.45, 7) is 1.94. The Balaban J connectivity index is 1.41. The van der Waals surface area contributed by atoms with E-state index in [9.17, 15) is 13.2 Å². The molecule has 1 aliphatic carbocycles. The number of rotatable bonds is 7. The largest absolute Gasteiger partial charge is 0.363 e. The normalized spacial score (nSPS) is 17.9. The SMILES string of the molecule is Cc1cc(N(C)C)nc(N[C@H]2CC[C@@H](NC(=O)c3cccnc3S(=O)(=O)c3ccc(Br)cc3)CC2)n1. The van der Waals surface area contributed by atoms with Gasteiger partial charge in [0.25, 0.3) is 5.91 Å². The number of halogens is 1. The van der Waals surface area contributed by atoms with E-state index < -0.39 is 15.7 Å². The number of nitrogens with one attached hydrogen (secondary N) is 2. The summed E-state index contributed by atoms with van der Waals surface area (Å²) < 4.78 is 27.1. The third kappa shape index (κ3) is 6.01. The molecule has 1 saturated carbocycles. The van der Waals surface area contributed by atoms with E-state index in [1.54, 1.807) is 18.2 Å². The van der Waals surface area contributed by atoms with Crippen LogP contribution in [0, 0.1) is 6.92 Å². The van der Waals surface area contributed by atoms with Crippen molar-refractivity contribution in [2.24, 2.45) is 0 Å². The van der Waals surface area contributed by atoms with E-state index in [2.05, 4.69) is 41.5 Å². The van der Waals surface area contributed by atoms with Crippen LogP contribution in [0.3, 0.4) is 0 Å². The molecule has 0 aliphatic heterocycles. The van der Waals surface area contributed by atoms with Crippen molar-refractivity contribution in [2.75, 3.05) is 24.3 Å². The van der Waals surface area contributed by atoms with Gasteiger partial charge in [0, 0.05) is 48.6 Å². The summed E-state index contributed by atoms with van der Waals surface area (Å²) >= 11 is 3.31. The van der Waals surface area contributed by atoms with Crippen LogP contribution in [0.2, 0.25) is 0 Å². The van der Waals surface area contributed by atoms with Crippen LogP contribution in [0.1, 0.15) is 41.7 Å². The number of hydrogen-bond acceptors (Lipinski definition) is 8. The van der Waals surface area contributed by atoms with Gasteiger partial charge in [0.1, 0.15) is 5.82 Å². The van der Waals surface area contributed by atoms with Gasteiger partial charge in [0.05, 0.1) is 10.5 Å². The van der Waals surface area contributed by atoms with Crippen molar-refractivity contribution in [3.63, 3.8) is 0 Å². The molecule has 2 aromatic heterocycles. The third-order valence-electron chi connectivity index (χ3n) is 6.09. The fourth-order valence-corrected chi connectivity index (χ4v) is 5.81. The first-order valence-corrected chi connectivity index (χ1v) is 14.0. The molecule has 2 N–H and O–H groups in total. The number of amides is 1. The quantitative estimate of drug-likeness (QED) is 0.436. The Morgan fingerprint density at radius 2 is 1.69 bits per heavy atom. The van der Waals surface area contributed by atoms with Gasteiger partial charge in [-0.1, -0.05) is 15.9 Å². The van der Waals surface area contributed by atoms with Gasteiger partial charge in [0.2, 0.25) is 15.8 Å². The van der Waals surface area contributed by atoms with Gasteiger partial charge in [-0.25, -0.2) is 18.4 Å². The summed E-state index contributed by atoms with van der Waals surface area (Å²) in [5.74, 6) is 1.01. The van der Waals surface area contributed by atoms with Gasteiger partial charge >= 0.3 is 0 Å². The minimum atomic E-state index is -3.95. The zero-order valence-corrected chi connectivity index (χ0v) is 22.8. The highest BCUT2D eigenvalue weighted by molar-refractivity contribution is 9.10. The van der Waals surface area contributed by atoms with Gasteiger partial charge in [-0.05, 0) is 69.0 Å². The molecule has 0 atom stereocenters. The number of nitrogens with zero attached hydrogens (tertiary/aromatic N) is 4. The Morgan fingerprint density at radius 3 is 2.36 bits per heavy atom. The molecule has 1 fully saturated rings. The van der Waals surface area contributed by atoms with Crippen molar-refractivity contribution in [1.29, 1.82) is 0 Å². The molecule has 190 valence electrons. The van der Waals surface area contributed by atoms with E-state index in [0.717, 1.165) is 41.7 Å². The van der Waals surface area contributed by atoms with Crippen molar-refractivity contribution in [3.8, 4) is 0 Å². The lowest BCUT2D eigenvalue weighted by Crippen LogP contribution is -2.40. The van der Waals surface area contributed by atoms with Gasteiger partial charge < -0.3 is 15.5 Å². The second-order valence-electron chi connectivity index (χ2n) is 9.07. The Labute approximate surface area is 219 Å². The minimum Gasteiger partial charge on any atom is -0.363 e. The molecule has 9 nitrogen and oxygen atoms in total. The van der Waals surface area contributed by atoms with Crippen LogP contribution in [0.25, 0.3) is 0 Å². The average molecular weight is 574 g/mol. The highest BCUT2D eigenvalue weighted by Gasteiger charge is 2.28. The summed E-state index contributed by atoms with van der Waals surface area (Å²) in [7, 11) is -0.0656. The first-order valence-electron chi connectivity index (χ1n) is 11.7. The van der Waals surface area contributed by atoms with E-state index in [1.807, 2.05) is 32.0 Å². The van der Waals surface area contributed by atoms with Gasteiger partial charge in [0.15, 0.2) is 5.03 Å². The highest BCUT2D eigenvalue weighted by atomic mass is 79.9. The molecule has 0 unspecified atom stereocenters. The topological polar surface area (TPSA) is 117 Å². The summed E-state index contributed by atoms with van der Waals surface area (Å²) in [6, 6.07) is 11.4. The molecule has 1 aliphatic rings. The smallest absolute Gasteiger partial charge is 0.254 e. The number of aromatic nitrogens is 3. The Hall–Kier alpha value is -3.05. The number of aryl methyl sites for hydroxylation is 1. The molecule has 0 saturated heterocycles. The van der Waals surface area contributed by atoms with Crippen molar-refractivity contribution in [3.05, 3.63) is 64.4 Å².